The zero-order valence-electron chi connectivity index (χ0n) is 9.23. The quantitative estimate of drug-likeness (QED) is 0.721. The van der Waals surface area contributed by atoms with Gasteiger partial charge >= 0.3 is 0 Å². The molecule has 0 radical (unpaired) electrons. The molecule has 1 unspecified atom stereocenters. The summed E-state index contributed by atoms with van der Waals surface area (Å²) in [5, 5.41) is 3.32. The van der Waals surface area contributed by atoms with Crippen LogP contribution in [0.2, 0.25) is 0 Å². The third-order valence-corrected chi connectivity index (χ3v) is 2.04. The van der Waals surface area contributed by atoms with Crippen molar-refractivity contribution in [2.75, 3.05) is 13.7 Å². The highest BCUT2D eigenvalue weighted by Crippen LogP contribution is 2.14. The third-order valence-electron chi connectivity index (χ3n) is 2.04. The molecule has 0 spiro atoms. The second-order valence-electron chi connectivity index (χ2n) is 3.15. The predicted molar refractivity (Wildman–Crippen MR) is 59.8 cm³/mol. The summed E-state index contributed by atoms with van der Waals surface area (Å²) < 4.78 is 5.04. The first kappa shape index (κ1) is 11.7. The smallest absolute Gasteiger partial charge is 0.216 e. The van der Waals surface area contributed by atoms with Crippen molar-refractivity contribution in [3.63, 3.8) is 0 Å². The van der Waals surface area contributed by atoms with Gasteiger partial charge < -0.3 is 10.1 Å². The number of aromatic nitrogens is 2. The molecule has 4 nitrogen and oxygen atoms in total. The topological polar surface area (TPSA) is 47.0 Å². The van der Waals surface area contributed by atoms with Crippen LogP contribution < -0.4 is 10.1 Å². The number of nitrogens with one attached hydrogen (secondary N) is 1. The number of nitrogens with zero attached hydrogens (tertiary/aromatic N) is 2. The van der Waals surface area contributed by atoms with Crippen LogP contribution in [-0.4, -0.2) is 23.6 Å². The Kier molecular flexibility index (Phi) is 4.77. The molecule has 0 saturated carbocycles. The first-order valence-electron chi connectivity index (χ1n) is 5.03. The van der Waals surface area contributed by atoms with Crippen LogP contribution in [0.15, 0.2) is 25.0 Å². The van der Waals surface area contributed by atoms with Crippen molar-refractivity contribution in [3.8, 4) is 5.88 Å². The van der Waals surface area contributed by atoms with Gasteiger partial charge in [0.25, 0.3) is 0 Å². The number of hydrogen-bond acceptors (Lipinski definition) is 4. The van der Waals surface area contributed by atoms with Crippen LogP contribution >= 0.6 is 0 Å². The zero-order valence-corrected chi connectivity index (χ0v) is 9.23. The Morgan fingerprint density at radius 1 is 1.60 bits per heavy atom. The Bertz CT molecular complexity index is 314. The van der Waals surface area contributed by atoms with E-state index in [9.17, 15) is 0 Å². The van der Waals surface area contributed by atoms with E-state index in [1.54, 1.807) is 7.11 Å². The molecule has 0 aliphatic rings. The predicted octanol–water partition coefficient (Wildman–Crippen LogP) is 1.71. The van der Waals surface area contributed by atoms with E-state index in [1.807, 2.05) is 12.1 Å². The van der Waals surface area contributed by atoms with Gasteiger partial charge in [-0.05, 0) is 13.0 Å². The van der Waals surface area contributed by atoms with Crippen molar-refractivity contribution in [3.05, 3.63) is 30.7 Å². The molecule has 1 aromatic rings. The minimum Gasteiger partial charge on any atom is -0.481 e. The van der Waals surface area contributed by atoms with Crippen LogP contribution in [0.3, 0.4) is 0 Å². The van der Waals surface area contributed by atoms with Crippen molar-refractivity contribution >= 4 is 0 Å². The lowest BCUT2D eigenvalue weighted by Gasteiger charge is -2.13. The first-order chi connectivity index (χ1) is 7.31. The largest absolute Gasteiger partial charge is 0.481 e. The van der Waals surface area contributed by atoms with Crippen molar-refractivity contribution in [2.45, 2.75) is 19.4 Å². The van der Waals surface area contributed by atoms with Gasteiger partial charge in [0.1, 0.15) is 6.33 Å². The fourth-order valence-electron chi connectivity index (χ4n) is 1.24. The van der Waals surface area contributed by atoms with E-state index in [1.165, 1.54) is 6.33 Å². The van der Waals surface area contributed by atoms with E-state index in [2.05, 4.69) is 28.8 Å². The van der Waals surface area contributed by atoms with Crippen molar-refractivity contribution in [1.82, 2.24) is 15.3 Å². The lowest BCUT2D eigenvalue weighted by Crippen LogP contribution is -2.21. The minimum absolute atomic E-state index is 0.0573. The number of ether oxygens (including phenoxy) is 1. The highest BCUT2D eigenvalue weighted by molar-refractivity contribution is 5.19. The van der Waals surface area contributed by atoms with E-state index >= 15 is 0 Å². The molecule has 0 fully saturated rings. The number of rotatable bonds is 6. The number of hydrogen-bond donors (Lipinski definition) is 1. The molecular formula is C11H17N3O. The highest BCUT2D eigenvalue weighted by Gasteiger charge is 2.08. The standard InChI is InChI=1S/C11H17N3O/c1-4-6-12-9(5-2)10-7-11(15-3)14-8-13-10/h5,7-9,12H,2,4,6H2,1,3H3. The maximum Gasteiger partial charge on any atom is 0.216 e. The molecule has 1 atom stereocenters. The Morgan fingerprint density at radius 3 is 3.00 bits per heavy atom. The lowest BCUT2D eigenvalue weighted by atomic mass is 10.2. The van der Waals surface area contributed by atoms with E-state index in [0.717, 1.165) is 18.7 Å². The van der Waals surface area contributed by atoms with E-state index < -0.39 is 0 Å². The van der Waals surface area contributed by atoms with Crippen LogP contribution in [0.1, 0.15) is 25.1 Å². The first-order valence-corrected chi connectivity index (χ1v) is 5.03. The summed E-state index contributed by atoms with van der Waals surface area (Å²) in [6.07, 6.45) is 4.41. The molecule has 0 amide bonds. The summed E-state index contributed by atoms with van der Waals surface area (Å²) >= 11 is 0. The van der Waals surface area contributed by atoms with Gasteiger partial charge in [0.05, 0.1) is 18.8 Å². The monoisotopic (exact) mass is 207 g/mol. The maximum absolute atomic E-state index is 5.04. The Balaban J connectivity index is 2.76. The maximum atomic E-state index is 5.04. The van der Waals surface area contributed by atoms with E-state index in [-0.39, 0.29) is 6.04 Å². The fourth-order valence-corrected chi connectivity index (χ4v) is 1.24. The Hall–Kier alpha value is -1.42. The Morgan fingerprint density at radius 2 is 2.40 bits per heavy atom. The highest BCUT2D eigenvalue weighted by atomic mass is 16.5. The zero-order chi connectivity index (χ0) is 11.1. The van der Waals surface area contributed by atoms with Crippen molar-refractivity contribution in [1.29, 1.82) is 0 Å². The van der Waals surface area contributed by atoms with Crippen LogP contribution in [0.5, 0.6) is 5.88 Å². The molecule has 1 N–H and O–H groups in total. The van der Waals surface area contributed by atoms with Gasteiger partial charge in [-0.15, -0.1) is 6.58 Å². The van der Waals surface area contributed by atoms with Crippen LogP contribution in [0.25, 0.3) is 0 Å². The molecule has 1 heterocycles. The van der Waals surface area contributed by atoms with Crippen molar-refractivity contribution < 1.29 is 4.74 Å². The van der Waals surface area contributed by atoms with Crippen LogP contribution in [0.4, 0.5) is 0 Å². The molecule has 0 aromatic carbocycles. The summed E-state index contributed by atoms with van der Waals surface area (Å²) in [5.74, 6) is 0.574. The van der Waals surface area contributed by atoms with Crippen LogP contribution in [0, 0.1) is 0 Å². The summed E-state index contributed by atoms with van der Waals surface area (Å²) in [5.41, 5.74) is 0.880. The number of methoxy groups -OCH3 is 1. The van der Waals surface area contributed by atoms with Crippen molar-refractivity contribution in [2.24, 2.45) is 0 Å². The van der Waals surface area contributed by atoms with Gasteiger partial charge in [-0.1, -0.05) is 13.0 Å². The average Bonchev–Trinajstić information content (AvgIpc) is 2.30. The summed E-state index contributed by atoms with van der Waals surface area (Å²) in [7, 11) is 1.59. The second-order valence-corrected chi connectivity index (χ2v) is 3.15. The van der Waals surface area contributed by atoms with Gasteiger partial charge in [0, 0.05) is 6.07 Å². The molecule has 4 heteroatoms. The lowest BCUT2D eigenvalue weighted by molar-refractivity contribution is 0.395. The summed E-state index contributed by atoms with van der Waals surface area (Å²) in [4.78, 5) is 8.15. The van der Waals surface area contributed by atoms with Crippen LogP contribution in [-0.2, 0) is 0 Å². The third kappa shape index (κ3) is 3.32. The van der Waals surface area contributed by atoms with E-state index in [4.69, 9.17) is 4.74 Å². The molecule has 0 saturated heterocycles. The minimum atomic E-state index is 0.0573. The molecule has 0 aliphatic heterocycles. The molecule has 15 heavy (non-hydrogen) atoms. The molecule has 1 rings (SSSR count). The molecule has 0 bridgehead atoms. The molecule has 0 aliphatic carbocycles. The van der Waals surface area contributed by atoms with Gasteiger partial charge in [0.2, 0.25) is 5.88 Å². The molecule has 82 valence electrons. The Labute approximate surface area is 90.4 Å². The summed E-state index contributed by atoms with van der Waals surface area (Å²) in [6.45, 7) is 6.83. The average molecular weight is 207 g/mol. The molecular weight excluding hydrogens is 190 g/mol. The van der Waals surface area contributed by atoms with Gasteiger partial charge in [-0.25, -0.2) is 9.97 Å². The van der Waals surface area contributed by atoms with Gasteiger partial charge in [-0.2, -0.15) is 0 Å². The van der Waals surface area contributed by atoms with E-state index in [0.29, 0.717) is 5.88 Å². The SMILES string of the molecule is C=CC(NCCC)c1cc(OC)ncn1. The van der Waals surface area contributed by atoms with Gasteiger partial charge in [0.15, 0.2) is 0 Å². The molecule has 1 aromatic heterocycles. The fraction of sp³-hybridized carbons (Fsp3) is 0.455. The summed E-state index contributed by atoms with van der Waals surface area (Å²) in [6, 6.07) is 1.87. The normalized spacial score (nSPS) is 12.1. The van der Waals surface area contributed by atoms with Gasteiger partial charge in [-0.3, -0.25) is 0 Å². The second kappa shape index (κ2) is 6.14.